The summed E-state index contributed by atoms with van der Waals surface area (Å²) in [7, 11) is 0. The van der Waals surface area contributed by atoms with Crippen molar-refractivity contribution in [2.75, 3.05) is 17.7 Å². The number of thioether (sulfide) groups is 1. The zero-order valence-electron chi connectivity index (χ0n) is 11.2. The Hall–Kier alpha value is -1.16. The summed E-state index contributed by atoms with van der Waals surface area (Å²) >= 11 is 1.69. The minimum absolute atomic E-state index is 0.489. The van der Waals surface area contributed by atoms with Gasteiger partial charge in [0.1, 0.15) is 6.04 Å². The summed E-state index contributed by atoms with van der Waals surface area (Å²) < 4.78 is 0. The predicted octanol–water partition coefficient (Wildman–Crippen LogP) is 3.49. The van der Waals surface area contributed by atoms with Gasteiger partial charge in [0, 0.05) is 17.1 Å². The zero-order chi connectivity index (χ0) is 13.5. The zero-order valence-corrected chi connectivity index (χ0v) is 12.0. The van der Waals surface area contributed by atoms with Crippen LogP contribution in [-0.2, 0) is 4.79 Å². The lowest BCUT2D eigenvalue weighted by atomic mass is 10.2. The highest BCUT2D eigenvalue weighted by atomic mass is 32.2. The van der Waals surface area contributed by atoms with Crippen molar-refractivity contribution in [2.24, 2.45) is 0 Å². The number of rotatable bonds is 7. The van der Waals surface area contributed by atoms with Crippen molar-refractivity contribution < 1.29 is 9.90 Å². The summed E-state index contributed by atoms with van der Waals surface area (Å²) in [5, 5.41) is 9.17. The average Bonchev–Trinajstić information content (AvgIpc) is 2.39. The topological polar surface area (TPSA) is 40.5 Å². The fourth-order valence-electron chi connectivity index (χ4n) is 1.78. The molecule has 0 fully saturated rings. The summed E-state index contributed by atoms with van der Waals surface area (Å²) in [6.45, 7) is 4.63. The number of carbonyl (C=O) groups is 1. The third kappa shape index (κ3) is 3.95. The molecule has 4 heteroatoms. The van der Waals surface area contributed by atoms with Crippen LogP contribution in [0.15, 0.2) is 29.2 Å². The van der Waals surface area contributed by atoms with Crippen LogP contribution in [0, 0.1) is 0 Å². The van der Waals surface area contributed by atoms with E-state index in [0.717, 1.165) is 25.1 Å². The molecule has 0 amide bonds. The summed E-state index contributed by atoms with van der Waals surface area (Å²) in [6.07, 6.45) is 4.09. The molecule has 1 unspecified atom stereocenters. The Kier molecular flexibility index (Phi) is 6.05. The standard InChI is InChI=1S/C14H21NO2S/c1-4-5-10-15(11(2)14(16)17)12-6-8-13(18-3)9-7-12/h6-9,11H,4-5,10H2,1-3H3,(H,16,17). The quantitative estimate of drug-likeness (QED) is 0.768. The first kappa shape index (κ1) is 14.9. The van der Waals surface area contributed by atoms with Gasteiger partial charge in [-0.3, -0.25) is 0 Å². The van der Waals surface area contributed by atoms with Gasteiger partial charge in [-0.1, -0.05) is 13.3 Å². The van der Waals surface area contributed by atoms with E-state index in [1.165, 1.54) is 4.90 Å². The van der Waals surface area contributed by atoms with Crippen LogP contribution < -0.4 is 4.90 Å². The fraction of sp³-hybridized carbons (Fsp3) is 0.500. The second kappa shape index (κ2) is 7.31. The normalized spacial score (nSPS) is 12.2. The SMILES string of the molecule is CCCCN(c1ccc(SC)cc1)C(C)C(=O)O. The molecule has 0 aliphatic rings. The van der Waals surface area contributed by atoms with E-state index in [1.54, 1.807) is 18.7 Å². The highest BCUT2D eigenvalue weighted by Gasteiger charge is 2.20. The van der Waals surface area contributed by atoms with E-state index in [2.05, 4.69) is 6.92 Å². The number of carboxylic acid groups (broad SMARTS) is 1. The molecule has 1 aromatic carbocycles. The number of unbranched alkanes of at least 4 members (excludes halogenated alkanes) is 1. The molecule has 3 nitrogen and oxygen atoms in total. The van der Waals surface area contributed by atoms with Gasteiger partial charge >= 0.3 is 5.97 Å². The molecule has 100 valence electrons. The third-order valence-corrected chi connectivity index (χ3v) is 3.73. The fourth-order valence-corrected chi connectivity index (χ4v) is 2.19. The predicted molar refractivity (Wildman–Crippen MR) is 77.6 cm³/mol. The molecule has 0 heterocycles. The van der Waals surface area contributed by atoms with E-state index in [-0.39, 0.29) is 0 Å². The molecule has 0 spiro atoms. The first-order valence-corrected chi connectivity index (χ1v) is 7.46. The Bertz CT molecular complexity index is 378. The lowest BCUT2D eigenvalue weighted by Crippen LogP contribution is -2.39. The molecule has 1 rings (SSSR count). The molecule has 0 saturated heterocycles. The highest BCUT2D eigenvalue weighted by Crippen LogP contribution is 2.22. The van der Waals surface area contributed by atoms with Gasteiger partial charge in [0.05, 0.1) is 0 Å². The molecule has 1 aromatic rings. The van der Waals surface area contributed by atoms with E-state index < -0.39 is 12.0 Å². The van der Waals surface area contributed by atoms with Crippen molar-refractivity contribution in [3.8, 4) is 0 Å². The van der Waals surface area contributed by atoms with E-state index in [0.29, 0.717) is 0 Å². The molecular weight excluding hydrogens is 246 g/mol. The number of aliphatic carboxylic acids is 1. The van der Waals surface area contributed by atoms with Crippen molar-refractivity contribution in [3.63, 3.8) is 0 Å². The molecule has 0 aliphatic heterocycles. The van der Waals surface area contributed by atoms with Crippen molar-refractivity contribution in [3.05, 3.63) is 24.3 Å². The number of anilines is 1. The Morgan fingerprint density at radius 1 is 1.39 bits per heavy atom. The second-order valence-corrected chi connectivity index (χ2v) is 5.14. The van der Waals surface area contributed by atoms with Crippen LogP contribution in [0.1, 0.15) is 26.7 Å². The Balaban J connectivity index is 2.89. The minimum atomic E-state index is -0.778. The second-order valence-electron chi connectivity index (χ2n) is 4.26. The van der Waals surface area contributed by atoms with Gasteiger partial charge in [-0.2, -0.15) is 0 Å². The van der Waals surface area contributed by atoms with E-state index in [4.69, 9.17) is 5.11 Å². The molecule has 18 heavy (non-hydrogen) atoms. The van der Waals surface area contributed by atoms with Crippen molar-refractivity contribution in [2.45, 2.75) is 37.6 Å². The molecule has 0 aromatic heterocycles. The van der Waals surface area contributed by atoms with E-state index >= 15 is 0 Å². The first-order chi connectivity index (χ1) is 8.60. The van der Waals surface area contributed by atoms with Gasteiger partial charge in [0.15, 0.2) is 0 Å². The smallest absolute Gasteiger partial charge is 0.326 e. The van der Waals surface area contributed by atoms with Crippen LogP contribution in [-0.4, -0.2) is 29.9 Å². The number of benzene rings is 1. The third-order valence-electron chi connectivity index (χ3n) is 2.98. The summed E-state index contributed by atoms with van der Waals surface area (Å²) in [6, 6.07) is 7.58. The lowest BCUT2D eigenvalue weighted by Gasteiger charge is -2.28. The van der Waals surface area contributed by atoms with Gasteiger partial charge in [-0.15, -0.1) is 11.8 Å². The molecule has 0 radical (unpaired) electrons. The summed E-state index contributed by atoms with van der Waals surface area (Å²) in [5.74, 6) is -0.778. The van der Waals surface area contributed by atoms with Gasteiger partial charge in [-0.25, -0.2) is 4.79 Å². The molecule has 0 saturated carbocycles. The van der Waals surface area contributed by atoms with Crippen LogP contribution in [0.5, 0.6) is 0 Å². The number of hydrogen-bond donors (Lipinski definition) is 1. The maximum atomic E-state index is 11.2. The molecule has 1 atom stereocenters. The highest BCUT2D eigenvalue weighted by molar-refractivity contribution is 7.98. The molecule has 1 N–H and O–H groups in total. The van der Waals surface area contributed by atoms with Crippen LogP contribution in [0.25, 0.3) is 0 Å². The van der Waals surface area contributed by atoms with Crippen LogP contribution >= 0.6 is 11.8 Å². The van der Waals surface area contributed by atoms with Crippen molar-refractivity contribution in [1.29, 1.82) is 0 Å². The van der Waals surface area contributed by atoms with E-state index in [9.17, 15) is 4.79 Å². The van der Waals surface area contributed by atoms with Crippen LogP contribution in [0.2, 0.25) is 0 Å². The van der Waals surface area contributed by atoms with Crippen LogP contribution in [0.4, 0.5) is 5.69 Å². The Morgan fingerprint density at radius 3 is 2.44 bits per heavy atom. The molecule has 0 bridgehead atoms. The number of carboxylic acids is 1. The van der Waals surface area contributed by atoms with Gasteiger partial charge in [0.25, 0.3) is 0 Å². The Morgan fingerprint density at radius 2 is 2.00 bits per heavy atom. The lowest BCUT2D eigenvalue weighted by molar-refractivity contribution is -0.138. The van der Waals surface area contributed by atoms with Crippen molar-refractivity contribution >= 4 is 23.4 Å². The van der Waals surface area contributed by atoms with Gasteiger partial charge in [-0.05, 0) is 43.9 Å². The van der Waals surface area contributed by atoms with Gasteiger partial charge < -0.3 is 10.0 Å². The van der Waals surface area contributed by atoms with Crippen LogP contribution in [0.3, 0.4) is 0 Å². The number of hydrogen-bond acceptors (Lipinski definition) is 3. The maximum absolute atomic E-state index is 11.2. The average molecular weight is 267 g/mol. The number of nitrogens with zero attached hydrogens (tertiary/aromatic N) is 1. The first-order valence-electron chi connectivity index (χ1n) is 6.23. The van der Waals surface area contributed by atoms with E-state index in [1.807, 2.05) is 35.4 Å². The maximum Gasteiger partial charge on any atom is 0.326 e. The Labute approximate surface area is 113 Å². The molecule has 0 aliphatic carbocycles. The van der Waals surface area contributed by atoms with Crippen molar-refractivity contribution in [1.82, 2.24) is 0 Å². The molecular formula is C14H21NO2S. The monoisotopic (exact) mass is 267 g/mol. The summed E-state index contributed by atoms with van der Waals surface area (Å²) in [5.41, 5.74) is 0.983. The minimum Gasteiger partial charge on any atom is -0.480 e. The van der Waals surface area contributed by atoms with Gasteiger partial charge in [0.2, 0.25) is 0 Å². The summed E-state index contributed by atoms with van der Waals surface area (Å²) in [4.78, 5) is 14.3. The largest absolute Gasteiger partial charge is 0.480 e.